The Morgan fingerprint density at radius 2 is 2.23 bits per heavy atom. The highest BCUT2D eigenvalue weighted by Crippen LogP contribution is 2.17. The van der Waals surface area contributed by atoms with Gasteiger partial charge in [0.2, 0.25) is 5.82 Å². The van der Waals surface area contributed by atoms with Gasteiger partial charge in [0.05, 0.1) is 4.92 Å². The highest BCUT2D eigenvalue weighted by atomic mass is 32.1. The third-order valence-electron chi connectivity index (χ3n) is 1.43. The second kappa shape index (κ2) is 3.44. The molecule has 4 nitrogen and oxygen atoms in total. The first kappa shape index (κ1) is 9.53. The van der Waals surface area contributed by atoms with Gasteiger partial charge in [-0.15, -0.1) is 0 Å². The minimum Gasteiger partial charge on any atom is -0.389 e. The van der Waals surface area contributed by atoms with Gasteiger partial charge in [0.1, 0.15) is 4.99 Å². The van der Waals surface area contributed by atoms with Gasteiger partial charge in [-0.2, -0.15) is 4.39 Å². The Kier molecular flexibility index (Phi) is 2.52. The van der Waals surface area contributed by atoms with Gasteiger partial charge in [-0.1, -0.05) is 12.2 Å². The van der Waals surface area contributed by atoms with Crippen molar-refractivity contribution in [2.75, 3.05) is 0 Å². The number of rotatable bonds is 2. The van der Waals surface area contributed by atoms with E-state index in [1.165, 1.54) is 6.07 Å². The van der Waals surface area contributed by atoms with E-state index in [1.807, 2.05) is 0 Å². The van der Waals surface area contributed by atoms with Crippen LogP contribution in [0.3, 0.4) is 0 Å². The molecule has 6 heteroatoms. The van der Waals surface area contributed by atoms with E-state index in [9.17, 15) is 14.5 Å². The molecule has 0 aliphatic carbocycles. The number of halogens is 1. The molecule has 1 aromatic rings. The van der Waals surface area contributed by atoms with Crippen LogP contribution in [0.5, 0.6) is 0 Å². The minimum atomic E-state index is -0.935. The van der Waals surface area contributed by atoms with E-state index in [0.29, 0.717) is 0 Å². The molecule has 0 fully saturated rings. The van der Waals surface area contributed by atoms with E-state index in [4.69, 9.17) is 5.73 Å². The Bertz CT molecular complexity index is 381. The van der Waals surface area contributed by atoms with Crippen LogP contribution in [0.25, 0.3) is 0 Å². The summed E-state index contributed by atoms with van der Waals surface area (Å²) in [6.07, 6.45) is 0. The molecule has 0 radical (unpaired) electrons. The maximum atomic E-state index is 12.9. The molecule has 0 unspecified atom stereocenters. The summed E-state index contributed by atoms with van der Waals surface area (Å²) in [4.78, 5) is 9.41. The second-order valence-corrected chi connectivity index (χ2v) is 2.73. The van der Waals surface area contributed by atoms with Crippen molar-refractivity contribution >= 4 is 22.9 Å². The lowest BCUT2D eigenvalue weighted by molar-refractivity contribution is -0.387. The van der Waals surface area contributed by atoms with Gasteiger partial charge < -0.3 is 5.73 Å². The van der Waals surface area contributed by atoms with Gasteiger partial charge in [-0.3, -0.25) is 10.1 Å². The first-order valence-electron chi connectivity index (χ1n) is 3.26. The van der Waals surface area contributed by atoms with Crippen LogP contribution < -0.4 is 5.73 Å². The number of nitro benzene ring substituents is 1. The van der Waals surface area contributed by atoms with Crippen LogP contribution in [-0.2, 0) is 0 Å². The first-order valence-corrected chi connectivity index (χ1v) is 3.67. The summed E-state index contributed by atoms with van der Waals surface area (Å²) in [5.41, 5.74) is 4.90. The fourth-order valence-corrected chi connectivity index (χ4v) is 0.935. The molecule has 0 saturated carbocycles. The van der Waals surface area contributed by atoms with Crippen molar-refractivity contribution in [2.45, 2.75) is 0 Å². The molecular weight excluding hydrogens is 195 g/mol. The Hall–Kier alpha value is -1.56. The fourth-order valence-electron chi connectivity index (χ4n) is 0.808. The van der Waals surface area contributed by atoms with Gasteiger partial charge >= 0.3 is 5.69 Å². The highest BCUT2D eigenvalue weighted by Gasteiger charge is 2.13. The van der Waals surface area contributed by atoms with E-state index in [1.54, 1.807) is 0 Å². The third-order valence-corrected chi connectivity index (χ3v) is 1.66. The molecule has 0 amide bonds. The van der Waals surface area contributed by atoms with E-state index in [-0.39, 0.29) is 10.6 Å². The quantitative estimate of drug-likeness (QED) is 0.444. The predicted molar refractivity (Wildman–Crippen MR) is 48.9 cm³/mol. The van der Waals surface area contributed by atoms with Crippen LogP contribution in [0, 0.1) is 15.9 Å². The molecule has 0 atom stereocenters. The first-order chi connectivity index (χ1) is 6.02. The molecule has 1 rings (SSSR count). The number of hydrogen-bond donors (Lipinski definition) is 1. The van der Waals surface area contributed by atoms with Gasteiger partial charge in [0.25, 0.3) is 0 Å². The number of nitrogens with zero attached hydrogens (tertiary/aromatic N) is 1. The summed E-state index contributed by atoms with van der Waals surface area (Å²) in [6.45, 7) is 0. The van der Waals surface area contributed by atoms with Crippen molar-refractivity contribution in [2.24, 2.45) is 5.73 Å². The maximum Gasteiger partial charge on any atom is 0.304 e. The predicted octanol–water partition coefficient (Wildman–Crippen LogP) is 1.37. The van der Waals surface area contributed by atoms with Crippen LogP contribution in [0.2, 0.25) is 0 Å². The summed E-state index contributed by atoms with van der Waals surface area (Å²) in [5, 5.41) is 10.2. The summed E-state index contributed by atoms with van der Waals surface area (Å²) in [6, 6.07) is 3.29. The van der Waals surface area contributed by atoms with Gasteiger partial charge in [0.15, 0.2) is 0 Å². The zero-order valence-corrected chi connectivity index (χ0v) is 7.18. The van der Waals surface area contributed by atoms with E-state index in [2.05, 4.69) is 12.2 Å². The molecule has 0 spiro atoms. The number of benzene rings is 1. The normalized spacial score (nSPS) is 9.62. The lowest BCUT2D eigenvalue weighted by Gasteiger charge is -1.98. The monoisotopic (exact) mass is 200 g/mol. The SMILES string of the molecule is NC(=S)c1ccc([N+](=O)[O-])c(F)c1. The summed E-state index contributed by atoms with van der Waals surface area (Å²) in [5.74, 6) is -0.935. The van der Waals surface area contributed by atoms with Crippen LogP contribution in [-0.4, -0.2) is 9.91 Å². The molecule has 2 N–H and O–H groups in total. The van der Waals surface area contributed by atoms with Gasteiger partial charge in [-0.05, 0) is 12.1 Å². The lowest BCUT2D eigenvalue weighted by atomic mass is 10.2. The molecule has 0 aliphatic rings. The Morgan fingerprint density at radius 3 is 2.62 bits per heavy atom. The number of nitro groups is 1. The van der Waals surface area contributed by atoms with Crippen molar-refractivity contribution in [3.63, 3.8) is 0 Å². The molecule has 68 valence electrons. The van der Waals surface area contributed by atoms with Crippen molar-refractivity contribution in [3.8, 4) is 0 Å². The standard InChI is InChI=1S/C7H5FN2O2S/c8-5-3-4(7(9)13)1-2-6(5)10(11)12/h1-3H,(H2,9,13). The zero-order chi connectivity index (χ0) is 10.0. The van der Waals surface area contributed by atoms with Gasteiger partial charge in [0, 0.05) is 11.6 Å². The third kappa shape index (κ3) is 1.97. The van der Waals surface area contributed by atoms with Crippen molar-refractivity contribution in [1.82, 2.24) is 0 Å². The van der Waals surface area contributed by atoms with Crippen LogP contribution in [0.1, 0.15) is 5.56 Å². The average molecular weight is 200 g/mol. The molecule has 0 aromatic heterocycles. The molecule has 0 saturated heterocycles. The minimum absolute atomic E-state index is 0.00815. The maximum absolute atomic E-state index is 12.9. The fraction of sp³-hybridized carbons (Fsp3) is 0. The molecule has 1 aromatic carbocycles. The van der Waals surface area contributed by atoms with Gasteiger partial charge in [-0.25, -0.2) is 0 Å². The van der Waals surface area contributed by atoms with Crippen molar-refractivity contribution in [3.05, 3.63) is 39.7 Å². The smallest absolute Gasteiger partial charge is 0.304 e. The topological polar surface area (TPSA) is 69.2 Å². The van der Waals surface area contributed by atoms with Crippen molar-refractivity contribution < 1.29 is 9.31 Å². The summed E-state index contributed by atoms with van der Waals surface area (Å²) in [7, 11) is 0. The zero-order valence-electron chi connectivity index (χ0n) is 6.36. The number of nitrogens with two attached hydrogens (primary N) is 1. The Labute approximate surface area is 78.3 Å². The summed E-state index contributed by atoms with van der Waals surface area (Å²) >= 11 is 4.57. The Balaban J connectivity index is 3.20. The summed E-state index contributed by atoms with van der Waals surface area (Å²) < 4.78 is 12.9. The van der Waals surface area contributed by atoms with E-state index < -0.39 is 16.4 Å². The second-order valence-electron chi connectivity index (χ2n) is 2.29. The van der Waals surface area contributed by atoms with Crippen LogP contribution in [0.4, 0.5) is 10.1 Å². The van der Waals surface area contributed by atoms with E-state index in [0.717, 1.165) is 12.1 Å². The molecule has 13 heavy (non-hydrogen) atoms. The molecular formula is C7H5FN2O2S. The van der Waals surface area contributed by atoms with Crippen LogP contribution in [0.15, 0.2) is 18.2 Å². The molecule has 0 heterocycles. The number of thiocarbonyl (C=S) groups is 1. The molecule has 0 bridgehead atoms. The largest absolute Gasteiger partial charge is 0.389 e. The molecule has 0 aliphatic heterocycles. The lowest BCUT2D eigenvalue weighted by Crippen LogP contribution is -2.09. The highest BCUT2D eigenvalue weighted by molar-refractivity contribution is 7.80. The Morgan fingerprint density at radius 1 is 1.62 bits per heavy atom. The average Bonchev–Trinajstić information content (AvgIpc) is 2.03. The van der Waals surface area contributed by atoms with E-state index >= 15 is 0 Å². The number of hydrogen-bond acceptors (Lipinski definition) is 3. The van der Waals surface area contributed by atoms with Crippen LogP contribution >= 0.6 is 12.2 Å². The van der Waals surface area contributed by atoms with Crippen molar-refractivity contribution in [1.29, 1.82) is 0 Å².